The van der Waals surface area contributed by atoms with Gasteiger partial charge in [0.05, 0.1) is 0 Å². The number of halogens is 1. The molecule has 0 saturated carbocycles. The van der Waals surface area contributed by atoms with E-state index in [0.29, 0.717) is 0 Å². The molecule has 0 aliphatic carbocycles. The first kappa shape index (κ1) is 7.95. The number of carbonyl (C=O) groups excluding carboxylic acids is 1. The molecule has 0 bridgehead atoms. The van der Waals surface area contributed by atoms with Gasteiger partial charge in [0.15, 0.2) is 0 Å². The molecule has 0 heterocycles. The van der Waals surface area contributed by atoms with Crippen molar-refractivity contribution >= 4 is 21.8 Å². The Labute approximate surface area is 57.8 Å². The van der Waals surface area contributed by atoms with E-state index in [2.05, 4.69) is 21.2 Å². The predicted molar refractivity (Wildman–Crippen MR) is 37.0 cm³/mol. The molecule has 1 amide bonds. The molecule has 0 spiro atoms. The van der Waals surface area contributed by atoms with Crippen molar-refractivity contribution in [1.29, 1.82) is 0 Å². The summed E-state index contributed by atoms with van der Waals surface area (Å²) >= 11 is 3.20. The highest BCUT2D eigenvalue weighted by Gasteiger charge is 2.06. The largest absolute Gasteiger partial charge is 0.359 e. The van der Waals surface area contributed by atoms with E-state index in [9.17, 15) is 4.79 Å². The van der Waals surface area contributed by atoms with Crippen LogP contribution in [0.15, 0.2) is 0 Å². The zero-order valence-corrected chi connectivity index (χ0v) is 6.66. The highest BCUT2D eigenvalue weighted by Crippen LogP contribution is 1.97. The molecular weight excluding hydrogens is 170 g/mol. The molecule has 0 aliphatic rings. The van der Waals surface area contributed by atoms with Crippen LogP contribution in [0.5, 0.6) is 0 Å². The number of alkyl halides is 1. The molecule has 2 nitrogen and oxygen atoms in total. The summed E-state index contributed by atoms with van der Waals surface area (Å²) in [4.78, 5) is 10.6. The van der Waals surface area contributed by atoms with Crippen molar-refractivity contribution in [3.05, 3.63) is 0 Å². The van der Waals surface area contributed by atoms with E-state index in [-0.39, 0.29) is 11.8 Å². The molecule has 0 unspecified atom stereocenters. The highest BCUT2D eigenvalue weighted by molar-refractivity contribution is 9.09. The second-order valence-corrected chi connectivity index (χ2v) is 2.32. The van der Waals surface area contributed by atoms with Crippen LogP contribution in [0.4, 0.5) is 0 Å². The van der Waals surface area contributed by atoms with Gasteiger partial charge in [-0.05, 0) is 0 Å². The van der Waals surface area contributed by atoms with Gasteiger partial charge in [0.1, 0.15) is 0 Å². The molecule has 3 heteroatoms. The van der Waals surface area contributed by atoms with E-state index in [1.807, 2.05) is 6.92 Å². The van der Waals surface area contributed by atoms with Crippen LogP contribution in [0.1, 0.15) is 6.92 Å². The maximum Gasteiger partial charge on any atom is 0.223 e. The summed E-state index contributed by atoms with van der Waals surface area (Å²) in [5, 5.41) is 3.28. The van der Waals surface area contributed by atoms with Gasteiger partial charge in [0.25, 0.3) is 0 Å². The number of amides is 1. The lowest BCUT2D eigenvalue weighted by molar-refractivity contribution is -0.123. The van der Waals surface area contributed by atoms with Gasteiger partial charge in [-0.2, -0.15) is 0 Å². The Kier molecular flexibility index (Phi) is 3.87. The van der Waals surface area contributed by atoms with Gasteiger partial charge in [0, 0.05) is 18.3 Å². The quantitative estimate of drug-likeness (QED) is 0.624. The molecule has 1 atom stereocenters. The number of hydrogen-bond donors (Lipinski definition) is 1. The van der Waals surface area contributed by atoms with E-state index in [1.54, 1.807) is 7.05 Å². The van der Waals surface area contributed by atoms with Crippen LogP contribution >= 0.6 is 15.9 Å². The zero-order valence-electron chi connectivity index (χ0n) is 5.07. The molecule has 0 saturated heterocycles. The Hall–Kier alpha value is -0.0500. The lowest BCUT2D eigenvalue weighted by atomic mass is 10.2. The van der Waals surface area contributed by atoms with Crippen LogP contribution in [0.3, 0.4) is 0 Å². The molecule has 0 aromatic carbocycles. The first-order chi connectivity index (χ1) is 3.72. The monoisotopic (exact) mass is 179 g/mol. The Morgan fingerprint density at radius 2 is 2.38 bits per heavy atom. The number of hydrogen-bond acceptors (Lipinski definition) is 1. The van der Waals surface area contributed by atoms with Crippen LogP contribution in [-0.2, 0) is 4.79 Å². The summed E-state index contributed by atoms with van der Waals surface area (Å²) in [5.41, 5.74) is 0. The third kappa shape index (κ3) is 2.31. The third-order valence-corrected chi connectivity index (χ3v) is 1.90. The van der Waals surface area contributed by atoms with Crippen LogP contribution in [0.2, 0.25) is 0 Å². The van der Waals surface area contributed by atoms with E-state index in [4.69, 9.17) is 0 Å². The topological polar surface area (TPSA) is 29.1 Å². The standard InChI is InChI=1S/C5H10BrNO/c1-4(3-6)5(8)7-2/h4H,3H2,1-2H3,(H,7,8)/t4-/m0/s1. The van der Waals surface area contributed by atoms with E-state index in [0.717, 1.165) is 5.33 Å². The fourth-order valence-corrected chi connectivity index (χ4v) is 0.611. The molecule has 48 valence electrons. The summed E-state index contributed by atoms with van der Waals surface area (Å²) in [7, 11) is 1.64. The average Bonchev–Trinajstić information content (AvgIpc) is 1.84. The van der Waals surface area contributed by atoms with Crippen molar-refractivity contribution in [1.82, 2.24) is 5.32 Å². The molecule has 0 radical (unpaired) electrons. The minimum absolute atomic E-state index is 0.0833. The van der Waals surface area contributed by atoms with Crippen molar-refractivity contribution < 1.29 is 4.79 Å². The van der Waals surface area contributed by atoms with Gasteiger partial charge >= 0.3 is 0 Å². The lowest BCUT2D eigenvalue weighted by Crippen LogP contribution is -2.25. The van der Waals surface area contributed by atoms with Crippen molar-refractivity contribution in [2.75, 3.05) is 12.4 Å². The predicted octanol–water partition coefficient (Wildman–Crippen LogP) is 0.763. The van der Waals surface area contributed by atoms with Crippen LogP contribution in [0.25, 0.3) is 0 Å². The van der Waals surface area contributed by atoms with Crippen LogP contribution in [0, 0.1) is 5.92 Å². The summed E-state index contributed by atoms with van der Waals surface area (Å²) in [6.07, 6.45) is 0. The number of carbonyl (C=O) groups is 1. The summed E-state index contributed by atoms with van der Waals surface area (Å²) in [5.74, 6) is 0.168. The molecule has 0 aliphatic heterocycles. The summed E-state index contributed by atoms with van der Waals surface area (Å²) < 4.78 is 0. The van der Waals surface area contributed by atoms with Gasteiger partial charge in [0.2, 0.25) is 5.91 Å². The lowest BCUT2D eigenvalue weighted by Gasteiger charge is -2.02. The van der Waals surface area contributed by atoms with E-state index >= 15 is 0 Å². The minimum atomic E-state index is 0.0833. The minimum Gasteiger partial charge on any atom is -0.359 e. The first-order valence-corrected chi connectivity index (χ1v) is 3.62. The highest BCUT2D eigenvalue weighted by atomic mass is 79.9. The van der Waals surface area contributed by atoms with Gasteiger partial charge < -0.3 is 5.32 Å². The van der Waals surface area contributed by atoms with Gasteiger partial charge in [-0.15, -0.1) is 0 Å². The smallest absolute Gasteiger partial charge is 0.223 e. The average molecular weight is 180 g/mol. The zero-order chi connectivity index (χ0) is 6.57. The summed E-state index contributed by atoms with van der Waals surface area (Å²) in [6.45, 7) is 1.87. The maximum absolute atomic E-state index is 10.6. The second kappa shape index (κ2) is 3.89. The Bertz CT molecular complexity index is 84.5. The third-order valence-electron chi connectivity index (χ3n) is 0.925. The van der Waals surface area contributed by atoms with E-state index in [1.165, 1.54) is 0 Å². The summed E-state index contributed by atoms with van der Waals surface area (Å²) in [6, 6.07) is 0. The number of rotatable bonds is 2. The second-order valence-electron chi connectivity index (χ2n) is 1.67. The fraction of sp³-hybridized carbons (Fsp3) is 0.800. The molecule has 0 aromatic rings. The van der Waals surface area contributed by atoms with Gasteiger partial charge in [-0.1, -0.05) is 22.9 Å². The Balaban J connectivity index is 3.46. The molecule has 1 N–H and O–H groups in total. The normalized spacial score (nSPS) is 12.9. The molecule has 0 aromatic heterocycles. The van der Waals surface area contributed by atoms with Gasteiger partial charge in [-0.3, -0.25) is 4.79 Å². The van der Waals surface area contributed by atoms with Gasteiger partial charge in [-0.25, -0.2) is 0 Å². The molecular formula is C5H10BrNO. The van der Waals surface area contributed by atoms with Crippen LogP contribution < -0.4 is 5.32 Å². The maximum atomic E-state index is 10.6. The first-order valence-electron chi connectivity index (χ1n) is 2.50. The number of nitrogens with one attached hydrogen (secondary N) is 1. The molecule has 0 fully saturated rings. The Morgan fingerprint density at radius 1 is 1.88 bits per heavy atom. The fourth-order valence-electron chi connectivity index (χ4n) is 0.316. The van der Waals surface area contributed by atoms with Crippen molar-refractivity contribution in [2.24, 2.45) is 5.92 Å². The SMILES string of the molecule is CNC(=O)[C@@H](C)CBr. The van der Waals surface area contributed by atoms with Crippen LogP contribution in [-0.4, -0.2) is 18.3 Å². The van der Waals surface area contributed by atoms with Crippen molar-refractivity contribution in [3.63, 3.8) is 0 Å². The molecule has 8 heavy (non-hydrogen) atoms. The molecule has 0 rings (SSSR count). The Morgan fingerprint density at radius 3 is 2.50 bits per heavy atom. The van der Waals surface area contributed by atoms with E-state index < -0.39 is 0 Å². The van der Waals surface area contributed by atoms with Crippen molar-refractivity contribution in [3.8, 4) is 0 Å². The van der Waals surface area contributed by atoms with Crippen molar-refractivity contribution in [2.45, 2.75) is 6.92 Å².